The maximum absolute atomic E-state index is 5.88. The van der Waals surface area contributed by atoms with Gasteiger partial charge < -0.3 is 11.1 Å². The number of anilines is 2. The molecule has 1 aromatic heterocycles. The van der Waals surface area contributed by atoms with E-state index in [9.17, 15) is 0 Å². The standard InChI is InChI=1S/C18H17N3/c19-17-7-4-12-20-18(17)13-21-16-10-8-15(9-11-16)14-5-2-1-3-6-14/h1-12,21H,13,19H2. The zero-order chi connectivity index (χ0) is 14.5. The molecule has 0 amide bonds. The van der Waals surface area contributed by atoms with Crippen molar-refractivity contribution in [3.63, 3.8) is 0 Å². The fourth-order valence-electron chi connectivity index (χ4n) is 2.20. The summed E-state index contributed by atoms with van der Waals surface area (Å²) in [4.78, 5) is 4.27. The molecule has 0 atom stereocenters. The first-order valence-corrected chi connectivity index (χ1v) is 6.91. The minimum Gasteiger partial charge on any atom is -0.397 e. The van der Waals surface area contributed by atoms with Crippen LogP contribution in [-0.2, 0) is 6.54 Å². The van der Waals surface area contributed by atoms with Gasteiger partial charge in [0, 0.05) is 11.9 Å². The summed E-state index contributed by atoms with van der Waals surface area (Å²) >= 11 is 0. The molecule has 0 fully saturated rings. The van der Waals surface area contributed by atoms with Gasteiger partial charge in [0.25, 0.3) is 0 Å². The molecule has 3 heteroatoms. The van der Waals surface area contributed by atoms with Gasteiger partial charge in [0.05, 0.1) is 17.9 Å². The van der Waals surface area contributed by atoms with Gasteiger partial charge in [0.1, 0.15) is 0 Å². The van der Waals surface area contributed by atoms with Gasteiger partial charge in [-0.25, -0.2) is 0 Å². The highest BCUT2D eigenvalue weighted by Gasteiger charge is 2.00. The number of nitrogens with zero attached hydrogens (tertiary/aromatic N) is 1. The average Bonchev–Trinajstić information content (AvgIpc) is 2.55. The lowest BCUT2D eigenvalue weighted by Gasteiger charge is -2.09. The Kier molecular flexibility index (Phi) is 3.83. The first-order chi connectivity index (χ1) is 10.3. The second-order valence-corrected chi connectivity index (χ2v) is 4.84. The summed E-state index contributed by atoms with van der Waals surface area (Å²) in [6, 6.07) is 22.4. The molecule has 0 unspecified atom stereocenters. The number of aromatic nitrogens is 1. The predicted molar refractivity (Wildman–Crippen MR) is 87.9 cm³/mol. The zero-order valence-corrected chi connectivity index (χ0v) is 11.7. The van der Waals surface area contributed by atoms with Crippen LogP contribution in [0.2, 0.25) is 0 Å². The number of nitrogen functional groups attached to an aromatic ring is 1. The molecule has 1 heterocycles. The third kappa shape index (κ3) is 3.20. The lowest BCUT2D eigenvalue weighted by Crippen LogP contribution is -2.04. The number of nitrogens with two attached hydrogens (primary N) is 1. The van der Waals surface area contributed by atoms with Gasteiger partial charge >= 0.3 is 0 Å². The molecule has 104 valence electrons. The average molecular weight is 275 g/mol. The quantitative estimate of drug-likeness (QED) is 0.758. The van der Waals surface area contributed by atoms with E-state index in [4.69, 9.17) is 5.73 Å². The Morgan fingerprint density at radius 1 is 0.810 bits per heavy atom. The molecule has 3 rings (SSSR count). The summed E-state index contributed by atoms with van der Waals surface area (Å²) in [6.07, 6.45) is 1.76. The molecule has 21 heavy (non-hydrogen) atoms. The molecule has 0 bridgehead atoms. The van der Waals surface area contributed by atoms with Crippen molar-refractivity contribution >= 4 is 11.4 Å². The van der Waals surface area contributed by atoms with E-state index in [2.05, 4.69) is 46.7 Å². The minimum absolute atomic E-state index is 0.622. The van der Waals surface area contributed by atoms with Crippen molar-refractivity contribution in [2.24, 2.45) is 0 Å². The van der Waals surface area contributed by atoms with Crippen LogP contribution in [0, 0.1) is 0 Å². The molecule has 0 aliphatic heterocycles. The molecule has 3 nitrogen and oxygen atoms in total. The van der Waals surface area contributed by atoms with E-state index in [0.717, 1.165) is 11.4 Å². The fraction of sp³-hybridized carbons (Fsp3) is 0.0556. The van der Waals surface area contributed by atoms with Crippen LogP contribution >= 0.6 is 0 Å². The van der Waals surface area contributed by atoms with Crippen molar-refractivity contribution in [1.82, 2.24) is 4.98 Å². The Balaban J connectivity index is 1.69. The van der Waals surface area contributed by atoms with Crippen LogP contribution in [0.1, 0.15) is 5.69 Å². The lowest BCUT2D eigenvalue weighted by atomic mass is 10.1. The van der Waals surface area contributed by atoms with Crippen LogP contribution in [-0.4, -0.2) is 4.98 Å². The summed E-state index contributed by atoms with van der Waals surface area (Å²) in [5.74, 6) is 0. The molecule has 0 radical (unpaired) electrons. The van der Waals surface area contributed by atoms with Crippen LogP contribution in [0.3, 0.4) is 0 Å². The summed E-state index contributed by atoms with van der Waals surface area (Å²) in [5.41, 5.74) is 10.9. The molecule has 0 saturated carbocycles. The van der Waals surface area contributed by atoms with Crippen LogP contribution < -0.4 is 11.1 Å². The molecule has 3 N–H and O–H groups in total. The van der Waals surface area contributed by atoms with Crippen molar-refractivity contribution in [1.29, 1.82) is 0 Å². The van der Waals surface area contributed by atoms with E-state index >= 15 is 0 Å². The van der Waals surface area contributed by atoms with Crippen LogP contribution in [0.25, 0.3) is 11.1 Å². The number of nitrogens with one attached hydrogen (secondary N) is 1. The van der Waals surface area contributed by atoms with E-state index in [-0.39, 0.29) is 0 Å². The molecular weight excluding hydrogens is 258 g/mol. The van der Waals surface area contributed by atoms with Gasteiger partial charge in [-0.3, -0.25) is 4.98 Å². The maximum atomic E-state index is 5.88. The van der Waals surface area contributed by atoms with E-state index in [1.54, 1.807) is 6.20 Å². The number of benzene rings is 2. The highest BCUT2D eigenvalue weighted by molar-refractivity contribution is 5.65. The number of rotatable bonds is 4. The van der Waals surface area contributed by atoms with Gasteiger partial charge in [0.2, 0.25) is 0 Å². The van der Waals surface area contributed by atoms with Crippen molar-refractivity contribution in [3.8, 4) is 11.1 Å². The summed E-state index contributed by atoms with van der Waals surface area (Å²) in [7, 11) is 0. The van der Waals surface area contributed by atoms with Crippen LogP contribution in [0.5, 0.6) is 0 Å². The maximum Gasteiger partial charge on any atom is 0.0823 e. The van der Waals surface area contributed by atoms with Crippen molar-refractivity contribution in [3.05, 3.63) is 78.6 Å². The number of hydrogen-bond donors (Lipinski definition) is 2. The van der Waals surface area contributed by atoms with Crippen molar-refractivity contribution < 1.29 is 0 Å². The largest absolute Gasteiger partial charge is 0.397 e. The molecule has 3 aromatic rings. The predicted octanol–water partition coefficient (Wildman–Crippen LogP) is 3.94. The first kappa shape index (κ1) is 13.2. The van der Waals surface area contributed by atoms with E-state index in [0.29, 0.717) is 12.2 Å². The van der Waals surface area contributed by atoms with Gasteiger partial charge in [-0.15, -0.1) is 0 Å². The Morgan fingerprint density at radius 3 is 2.24 bits per heavy atom. The lowest BCUT2D eigenvalue weighted by molar-refractivity contribution is 1.05. The Hall–Kier alpha value is -2.81. The van der Waals surface area contributed by atoms with E-state index < -0.39 is 0 Å². The SMILES string of the molecule is Nc1cccnc1CNc1ccc(-c2ccccc2)cc1. The Morgan fingerprint density at radius 2 is 1.52 bits per heavy atom. The smallest absolute Gasteiger partial charge is 0.0823 e. The van der Waals surface area contributed by atoms with Gasteiger partial charge in [-0.1, -0.05) is 42.5 Å². The minimum atomic E-state index is 0.622. The molecule has 0 aliphatic carbocycles. The first-order valence-electron chi connectivity index (χ1n) is 6.91. The zero-order valence-electron chi connectivity index (χ0n) is 11.7. The van der Waals surface area contributed by atoms with Gasteiger partial charge in [0.15, 0.2) is 0 Å². The molecule has 2 aromatic carbocycles. The van der Waals surface area contributed by atoms with Crippen LogP contribution in [0.4, 0.5) is 11.4 Å². The third-order valence-corrected chi connectivity index (χ3v) is 3.38. The normalized spacial score (nSPS) is 10.3. The number of hydrogen-bond acceptors (Lipinski definition) is 3. The summed E-state index contributed by atoms with van der Waals surface area (Å²) in [6.45, 7) is 0.622. The molecule has 0 saturated heterocycles. The van der Waals surface area contributed by atoms with E-state index in [1.165, 1.54) is 11.1 Å². The fourth-order valence-corrected chi connectivity index (χ4v) is 2.20. The summed E-state index contributed by atoms with van der Waals surface area (Å²) < 4.78 is 0. The monoisotopic (exact) mass is 275 g/mol. The molecular formula is C18H17N3. The second-order valence-electron chi connectivity index (χ2n) is 4.84. The van der Waals surface area contributed by atoms with Crippen molar-refractivity contribution in [2.75, 3.05) is 11.1 Å². The number of pyridine rings is 1. The topological polar surface area (TPSA) is 50.9 Å². The molecule has 0 aliphatic rings. The van der Waals surface area contributed by atoms with Gasteiger partial charge in [-0.05, 0) is 35.4 Å². The van der Waals surface area contributed by atoms with Gasteiger partial charge in [-0.2, -0.15) is 0 Å². The van der Waals surface area contributed by atoms with E-state index in [1.807, 2.05) is 30.3 Å². The molecule has 0 spiro atoms. The summed E-state index contributed by atoms with van der Waals surface area (Å²) in [5, 5.41) is 3.34. The third-order valence-electron chi connectivity index (χ3n) is 3.38. The Bertz CT molecular complexity index is 706. The Labute approximate surface area is 124 Å². The highest BCUT2D eigenvalue weighted by atomic mass is 14.9. The van der Waals surface area contributed by atoms with Crippen LogP contribution in [0.15, 0.2) is 72.9 Å². The van der Waals surface area contributed by atoms with Crippen molar-refractivity contribution in [2.45, 2.75) is 6.54 Å². The highest BCUT2D eigenvalue weighted by Crippen LogP contribution is 2.21. The second kappa shape index (κ2) is 6.09.